The van der Waals surface area contributed by atoms with Crippen LogP contribution in [0.5, 0.6) is 5.88 Å². The van der Waals surface area contributed by atoms with E-state index >= 15 is 0 Å². The summed E-state index contributed by atoms with van der Waals surface area (Å²) in [5, 5.41) is 3.58. The standard InChI is InChI=1S/C14H25N3O/c1-5-8-15-12(11(6-2)7-3)13-14(18-4)17-10-9-16-13/h9-12,15H,5-8H2,1-4H3. The van der Waals surface area contributed by atoms with Crippen LogP contribution in [0.2, 0.25) is 0 Å². The second-order valence-corrected chi connectivity index (χ2v) is 4.46. The lowest BCUT2D eigenvalue weighted by Crippen LogP contribution is -2.30. The van der Waals surface area contributed by atoms with E-state index in [0.717, 1.165) is 31.5 Å². The molecule has 0 fully saturated rings. The number of hydrogen-bond acceptors (Lipinski definition) is 4. The van der Waals surface area contributed by atoms with Gasteiger partial charge in [0.1, 0.15) is 5.69 Å². The van der Waals surface area contributed by atoms with E-state index in [-0.39, 0.29) is 6.04 Å². The summed E-state index contributed by atoms with van der Waals surface area (Å²) in [4.78, 5) is 8.72. The molecule has 0 aromatic carbocycles. The fourth-order valence-electron chi connectivity index (χ4n) is 2.25. The molecule has 102 valence electrons. The highest BCUT2D eigenvalue weighted by molar-refractivity contribution is 5.22. The minimum absolute atomic E-state index is 0.226. The zero-order valence-corrected chi connectivity index (χ0v) is 11.9. The van der Waals surface area contributed by atoms with Gasteiger partial charge in [0.25, 0.3) is 0 Å². The zero-order chi connectivity index (χ0) is 13.4. The number of nitrogens with zero attached hydrogens (tertiary/aromatic N) is 2. The van der Waals surface area contributed by atoms with Crippen LogP contribution in [0.25, 0.3) is 0 Å². The van der Waals surface area contributed by atoms with Crippen LogP contribution in [0.1, 0.15) is 51.8 Å². The lowest BCUT2D eigenvalue weighted by atomic mass is 9.91. The topological polar surface area (TPSA) is 47.0 Å². The van der Waals surface area contributed by atoms with E-state index in [1.165, 1.54) is 0 Å². The predicted octanol–water partition coefficient (Wildman–Crippen LogP) is 2.96. The largest absolute Gasteiger partial charge is 0.480 e. The van der Waals surface area contributed by atoms with Crippen LogP contribution in [0.4, 0.5) is 0 Å². The molecule has 0 aliphatic rings. The molecule has 18 heavy (non-hydrogen) atoms. The van der Waals surface area contributed by atoms with Gasteiger partial charge in [-0.3, -0.25) is 4.98 Å². The minimum Gasteiger partial charge on any atom is -0.480 e. The van der Waals surface area contributed by atoms with Crippen molar-refractivity contribution in [2.24, 2.45) is 5.92 Å². The summed E-state index contributed by atoms with van der Waals surface area (Å²) in [6.45, 7) is 7.60. The molecule has 4 heteroatoms. The van der Waals surface area contributed by atoms with Gasteiger partial charge in [0.2, 0.25) is 5.88 Å². The van der Waals surface area contributed by atoms with Crippen molar-refractivity contribution in [2.75, 3.05) is 13.7 Å². The first-order valence-electron chi connectivity index (χ1n) is 6.86. The third-order valence-corrected chi connectivity index (χ3v) is 3.31. The van der Waals surface area contributed by atoms with Gasteiger partial charge in [-0.05, 0) is 18.9 Å². The first-order valence-corrected chi connectivity index (χ1v) is 6.86. The highest BCUT2D eigenvalue weighted by atomic mass is 16.5. The number of aromatic nitrogens is 2. The van der Waals surface area contributed by atoms with Gasteiger partial charge in [-0.25, -0.2) is 4.98 Å². The second-order valence-electron chi connectivity index (χ2n) is 4.46. The van der Waals surface area contributed by atoms with Gasteiger partial charge in [0.05, 0.1) is 13.2 Å². The van der Waals surface area contributed by atoms with E-state index in [4.69, 9.17) is 4.74 Å². The number of hydrogen-bond donors (Lipinski definition) is 1. The summed E-state index contributed by atoms with van der Waals surface area (Å²) in [5.41, 5.74) is 0.933. The lowest BCUT2D eigenvalue weighted by Gasteiger charge is -2.26. The van der Waals surface area contributed by atoms with E-state index in [2.05, 4.69) is 36.1 Å². The Kier molecular flexibility index (Phi) is 6.65. The van der Waals surface area contributed by atoms with Gasteiger partial charge in [0.15, 0.2) is 0 Å². The maximum absolute atomic E-state index is 5.33. The van der Waals surface area contributed by atoms with Crippen molar-refractivity contribution in [3.8, 4) is 5.88 Å². The van der Waals surface area contributed by atoms with Crippen LogP contribution in [0.3, 0.4) is 0 Å². The Bertz CT molecular complexity index is 340. The van der Waals surface area contributed by atoms with Gasteiger partial charge < -0.3 is 10.1 Å². The summed E-state index contributed by atoms with van der Waals surface area (Å²) < 4.78 is 5.33. The Morgan fingerprint density at radius 1 is 1.17 bits per heavy atom. The van der Waals surface area contributed by atoms with Gasteiger partial charge in [-0.2, -0.15) is 0 Å². The molecule has 0 aliphatic carbocycles. The van der Waals surface area contributed by atoms with Gasteiger partial charge in [0, 0.05) is 12.4 Å². The molecule has 0 aliphatic heterocycles. The van der Waals surface area contributed by atoms with Crippen molar-refractivity contribution in [1.82, 2.24) is 15.3 Å². The van der Waals surface area contributed by atoms with Crippen molar-refractivity contribution >= 4 is 0 Å². The zero-order valence-electron chi connectivity index (χ0n) is 11.9. The van der Waals surface area contributed by atoms with Crippen LogP contribution in [0, 0.1) is 5.92 Å². The molecule has 1 heterocycles. The van der Waals surface area contributed by atoms with E-state index < -0.39 is 0 Å². The Balaban J connectivity index is 2.99. The lowest BCUT2D eigenvalue weighted by molar-refractivity contribution is 0.313. The third-order valence-electron chi connectivity index (χ3n) is 3.31. The van der Waals surface area contributed by atoms with Gasteiger partial charge in [-0.1, -0.05) is 33.6 Å². The number of rotatable bonds is 8. The number of ether oxygens (including phenoxy) is 1. The van der Waals surface area contributed by atoms with Crippen LogP contribution in [-0.4, -0.2) is 23.6 Å². The Labute approximate surface area is 110 Å². The first-order chi connectivity index (χ1) is 8.78. The minimum atomic E-state index is 0.226. The fraction of sp³-hybridized carbons (Fsp3) is 0.714. The highest BCUT2D eigenvalue weighted by Crippen LogP contribution is 2.30. The summed E-state index contributed by atoms with van der Waals surface area (Å²) in [5.74, 6) is 1.19. The van der Waals surface area contributed by atoms with Crippen molar-refractivity contribution < 1.29 is 4.74 Å². The molecule has 0 bridgehead atoms. The summed E-state index contributed by atoms with van der Waals surface area (Å²) >= 11 is 0. The summed E-state index contributed by atoms with van der Waals surface area (Å²) in [6, 6.07) is 0.226. The molecule has 0 saturated heterocycles. The highest BCUT2D eigenvalue weighted by Gasteiger charge is 2.24. The van der Waals surface area contributed by atoms with Crippen molar-refractivity contribution in [3.63, 3.8) is 0 Å². The summed E-state index contributed by atoms with van der Waals surface area (Å²) in [7, 11) is 1.65. The monoisotopic (exact) mass is 251 g/mol. The molecule has 1 aromatic rings. The molecule has 1 rings (SSSR count). The average Bonchev–Trinajstić information content (AvgIpc) is 2.43. The Hall–Kier alpha value is -1.16. The third kappa shape index (κ3) is 3.67. The normalized spacial score (nSPS) is 12.7. The van der Waals surface area contributed by atoms with Crippen molar-refractivity contribution in [2.45, 2.75) is 46.1 Å². The van der Waals surface area contributed by atoms with E-state index in [1.54, 1.807) is 19.5 Å². The van der Waals surface area contributed by atoms with Crippen LogP contribution >= 0.6 is 0 Å². The van der Waals surface area contributed by atoms with E-state index in [9.17, 15) is 0 Å². The molecule has 1 unspecified atom stereocenters. The molecule has 0 spiro atoms. The van der Waals surface area contributed by atoms with Gasteiger partial charge >= 0.3 is 0 Å². The van der Waals surface area contributed by atoms with Crippen LogP contribution < -0.4 is 10.1 Å². The average molecular weight is 251 g/mol. The molecular formula is C14H25N3O. The Morgan fingerprint density at radius 3 is 2.39 bits per heavy atom. The molecule has 0 radical (unpaired) electrons. The molecule has 4 nitrogen and oxygen atoms in total. The SMILES string of the molecule is CCCNC(c1nccnc1OC)C(CC)CC. The second kappa shape index (κ2) is 8.03. The maximum Gasteiger partial charge on any atom is 0.237 e. The fourth-order valence-corrected chi connectivity index (χ4v) is 2.25. The van der Waals surface area contributed by atoms with Gasteiger partial charge in [-0.15, -0.1) is 0 Å². The molecule has 0 amide bonds. The summed E-state index contributed by atoms with van der Waals surface area (Å²) in [6.07, 6.45) is 6.77. The predicted molar refractivity (Wildman–Crippen MR) is 73.7 cm³/mol. The molecular weight excluding hydrogens is 226 g/mol. The molecule has 1 aromatic heterocycles. The van der Waals surface area contributed by atoms with Crippen molar-refractivity contribution in [3.05, 3.63) is 18.1 Å². The molecule has 1 atom stereocenters. The molecule has 1 N–H and O–H groups in total. The van der Waals surface area contributed by atoms with Crippen molar-refractivity contribution in [1.29, 1.82) is 0 Å². The smallest absolute Gasteiger partial charge is 0.237 e. The van der Waals surface area contributed by atoms with E-state index in [1.807, 2.05) is 0 Å². The maximum atomic E-state index is 5.33. The number of methoxy groups -OCH3 is 1. The number of nitrogens with one attached hydrogen (secondary N) is 1. The molecule has 0 saturated carbocycles. The van der Waals surface area contributed by atoms with Crippen LogP contribution in [0.15, 0.2) is 12.4 Å². The quantitative estimate of drug-likeness (QED) is 0.771. The van der Waals surface area contributed by atoms with E-state index in [0.29, 0.717) is 11.8 Å². The van der Waals surface area contributed by atoms with Crippen LogP contribution in [-0.2, 0) is 0 Å². The Morgan fingerprint density at radius 2 is 1.83 bits per heavy atom. The first kappa shape index (κ1) is 14.9.